The van der Waals surface area contributed by atoms with Crippen LogP contribution in [0.1, 0.15) is 58.8 Å². The Morgan fingerprint density at radius 1 is 1.06 bits per heavy atom. The van der Waals surface area contributed by atoms with Crippen molar-refractivity contribution in [2.75, 3.05) is 0 Å². The monoisotopic (exact) mass is 300 g/mol. The highest BCUT2D eigenvalue weighted by molar-refractivity contribution is 9.10. The van der Waals surface area contributed by atoms with Crippen molar-refractivity contribution < 1.29 is 9.90 Å². The Hall–Kier alpha value is -0.0500. The molecule has 17 heavy (non-hydrogen) atoms. The summed E-state index contributed by atoms with van der Waals surface area (Å²) in [5.74, 6) is -0.616. The summed E-state index contributed by atoms with van der Waals surface area (Å²) in [6, 6.07) is 0. The molecule has 4 aliphatic carbocycles. The van der Waals surface area contributed by atoms with Crippen LogP contribution in [0.5, 0.6) is 0 Å². The van der Waals surface area contributed by atoms with Gasteiger partial charge in [-0.3, -0.25) is 4.79 Å². The Balaban J connectivity index is 2.01. The average molecular weight is 301 g/mol. The van der Waals surface area contributed by atoms with Gasteiger partial charge in [0, 0.05) is 4.32 Å². The molecule has 2 unspecified atom stereocenters. The molecular weight excluding hydrogens is 280 g/mol. The number of hydrogen-bond acceptors (Lipinski definition) is 1. The third-order valence-corrected chi connectivity index (χ3v) is 6.00. The van der Waals surface area contributed by atoms with Gasteiger partial charge in [0.25, 0.3) is 0 Å². The van der Waals surface area contributed by atoms with E-state index in [1.54, 1.807) is 0 Å². The van der Waals surface area contributed by atoms with Crippen LogP contribution in [0.3, 0.4) is 0 Å². The van der Waals surface area contributed by atoms with Crippen LogP contribution in [-0.2, 0) is 4.79 Å². The van der Waals surface area contributed by atoms with E-state index in [0.717, 1.165) is 19.3 Å². The molecule has 0 amide bonds. The molecule has 4 fully saturated rings. The van der Waals surface area contributed by atoms with E-state index in [4.69, 9.17) is 0 Å². The van der Waals surface area contributed by atoms with Gasteiger partial charge in [-0.05, 0) is 54.8 Å². The highest BCUT2D eigenvalue weighted by Gasteiger charge is 2.65. The Morgan fingerprint density at radius 2 is 1.59 bits per heavy atom. The van der Waals surface area contributed by atoms with E-state index in [1.165, 1.54) is 19.3 Å². The van der Waals surface area contributed by atoms with Crippen molar-refractivity contribution in [3.8, 4) is 0 Å². The molecule has 0 spiro atoms. The second-order valence-electron chi connectivity index (χ2n) is 7.90. The molecule has 4 aliphatic rings. The van der Waals surface area contributed by atoms with Crippen molar-refractivity contribution in [1.82, 2.24) is 0 Å². The molecule has 2 nitrogen and oxygen atoms in total. The first-order valence-corrected chi connectivity index (χ1v) is 7.36. The van der Waals surface area contributed by atoms with Gasteiger partial charge in [-0.25, -0.2) is 0 Å². The fraction of sp³-hybridized carbons (Fsp3) is 0.929. The SMILES string of the molecule is CC12CC3(C)CC(Br)(C1)CC(CC(=O)O)(C2)C3. The zero-order valence-electron chi connectivity index (χ0n) is 10.7. The van der Waals surface area contributed by atoms with Crippen molar-refractivity contribution >= 4 is 21.9 Å². The first-order valence-electron chi connectivity index (χ1n) is 6.57. The maximum Gasteiger partial charge on any atom is 0.303 e. The minimum atomic E-state index is -0.616. The number of aliphatic carboxylic acids is 1. The molecule has 4 rings (SSSR count). The third-order valence-electron chi connectivity index (χ3n) is 5.16. The van der Waals surface area contributed by atoms with Gasteiger partial charge in [0.1, 0.15) is 0 Å². The highest BCUT2D eigenvalue weighted by atomic mass is 79.9. The summed E-state index contributed by atoms with van der Waals surface area (Å²) >= 11 is 3.96. The summed E-state index contributed by atoms with van der Waals surface area (Å²) in [6.07, 6.45) is 7.43. The first kappa shape index (κ1) is 12.0. The van der Waals surface area contributed by atoms with E-state index >= 15 is 0 Å². The van der Waals surface area contributed by atoms with Gasteiger partial charge >= 0.3 is 5.97 Å². The van der Waals surface area contributed by atoms with Gasteiger partial charge in [-0.15, -0.1) is 0 Å². The van der Waals surface area contributed by atoms with Gasteiger partial charge in [0.05, 0.1) is 6.42 Å². The minimum absolute atomic E-state index is 0.0631. The predicted octanol–water partition coefficient (Wildman–Crippen LogP) is 3.98. The summed E-state index contributed by atoms with van der Waals surface area (Å²) in [4.78, 5) is 11.2. The van der Waals surface area contributed by atoms with Gasteiger partial charge < -0.3 is 5.11 Å². The molecule has 96 valence electrons. The lowest BCUT2D eigenvalue weighted by Gasteiger charge is -2.68. The van der Waals surface area contributed by atoms with Crippen molar-refractivity contribution in [3.63, 3.8) is 0 Å². The molecule has 4 bridgehead atoms. The van der Waals surface area contributed by atoms with E-state index < -0.39 is 5.97 Å². The molecule has 0 aromatic rings. The number of halogens is 1. The Bertz CT molecular complexity index is 336. The van der Waals surface area contributed by atoms with Crippen LogP contribution in [0.15, 0.2) is 0 Å². The second kappa shape index (κ2) is 3.09. The van der Waals surface area contributed by atoms with Crippen LogP contribution < -0.4 is 0 Å². The number of hydrogen-bond donors (Lipinski definition) is 1. The molecule has 0 heterocycles. The molecule has 0 saturated heterocycles. The average Bonchev–Trinajstić information content (AvgIpc) is 1.87. The fourth-order valence-electron chi connectivity index (χ4n) is 6.30. The Kier molecular flexibility index (Phi) is 2.18. The lowest BCUT2D eigenvalue weighted by molar-refractivity contribution is -0.157. The molecule has 4 saturated carbocycles. The lowest BCUT2D eigenvalue weighted by Crippen LogP contribution is -2.60. The van der Waals surface area contributed by atoms with E-state index in [9.17, 15) is 9.90 Å². The standard InChI is InChI=1S/C14H21BrO2/c1-11-4-12(2)6-13(5-11,3-10(16)17)9-14(15,7-11)8-12/h3-9H2,1-2H3,(H,16,17). The van der Waals surface area contributed by atoms with Crippen LogP contribution in [-0.4, -0.2) is 15.4 Å². The van der Waals surface area contributed by atoms with Crippen LogP contribution in [0.2, 0.25) is 0 Å². The molecule has 0 aliphatic heterocycles. The predicted molar refractivity (Wildman–Crippen MR) is 70.3 cm³/mol. The van der Waals surface area contributed by atoms with Gasteiger partial charge in [0.2, 0.25) is 0 Å². The lowest BCUT2D eigenvalue weighted by atomic mass is 9.40. The van der Waals surface area contributed by atoms with Gasteiger partial charge in [-0.2, -0.15) is 0 Å². The largest absolute Gasteiger partial charge is 0.481 e. The van der Waals surface area contributed by atoms with Gasteiger partial charge in [0.15, 0.2) is 0 Å². The smallest absolute Gasteiger partial charge is 0.303 e. The summed E-state index contributed by atoms with van der Waals surface area (Å²) in [5, 5.41) is 9.21. The molecule has 0 aromatic heterocycles. The number of alkyl halides is 1. The van der Waals surface area contributed by atoms with Crippen LogP contribution in [0.4, 0.5) is 0 Å². The van der Waals surface area contributed by atoms with Crippen LogP contribution in [0, 0.1) is 16.2 Å². The number of rotatable bonds is 2. The van der Waals surface area contributed by atoms with Crippen LogP contribution in [0.25, 0.3) is 0 Å². The zero-order chi connectivity index (χ0) is 12.5. The number of carboxylic acids is 1. The quantitative estimate of drug-likeness (QED) is 0.783. The van der Waals surface area contributed by atoms with E-state index in [1.807, 2.05) is 0 Å². The summed E-state index contributed by atoms with van der Waals surface area (Å²) in [5.41, 5.74) is 0.790. The second-order valence-corrected chi connectivity index (χ2v) is 9.59. The fourth-order valence-corrected chi connectivity index (χ4v) is 8.25. The van der Waals surface area contributed by atoms with Crippen molar-refractivity contribution in [2.24, 2.45) is 16.2 Å². The molecule has 3 heteroatoms. The maximum atomic E-state index is 11.2. The van der Waals surface area contributed by atoms with Crippen molar-refractivity contribution in [2.45, 2.75) is 63.1 Å². The normalized spacial score (nSPS) is 56.2. The maximum absolute atomic E-state index is 11.2. The molecule has 0 aromatic carbocycles. The molecule has 2 atom stereocenters. The van der Waals surface area contributed by atoms with Gasteiger partial charge in [-0.1, -0.05) is 29.8 Å². The highest BCUT2D eigenvalue weighted by Crippen LogP contribution is 2.73. The Labute approximate surface area is 111 Å². The third kappa shape index (κ3) is 1.85. The summed E-state index contributed by atoms with van der Waals surface area (Å²) in [7, 11) is 0. The molecule has 1 N–H and O–H groups in total. The number of carbonyl (C=O) groups is 1. The zero-order valence-corrected chi connectivity index (χ0v) is 12.3. The van der Waals surface area contributed by atoms with Crippen LogP contribution >= 0.6 is 15.9 Å². The molecular formula is C14H21BrO2. The molecule has 0 radical (unpaired) electrons. The topological polar surface area (TPSA) is 37.3 Å². The summed E-state index contributed by atoms with van der Waals surface area (Å²) in [6.45, 7) is 4.74. The summed E-state index contributed by atoms with van der Waals surface area (Å²) < 4.78 is 0.223. The van der Waals surface area contributed by atoms with E-state index in [2.05, 4.69) is 29.8 Å². The van der Waals surface area contributed by atoms with Crippen molar-refractivity contribution in [1.29, 1.82) is 0 Å². The first-order chi connectivity index (χ1) is 7.66. The minimum Gasteiger partial charge on any atom is -0.481 e. The Morgan fingerprint density at radius 3 is 2.00 bits per heavy atom. The van der Waals surface area contributed by atoms with Crippen molar-refractivity contribution in [3.05, 3.63) is 0 Å². The van der Waals surface area contributed by atoms with E-state index in [-0.39, 0.29) is 9.74 Å². The van der Waals surface area contributed by atoms with E-state index in [0.29, 0.717) is 17.3 Å². The number of carboxylic acid groups (broad SMARTS) is 1.